The molecule has 0 spiro atoms. The minimum absolute atomic E-state index is 0.0760. The highest BCUT2D eigenvalue weighted by Crippen LogP contribution is 1.80. The van der Waals surface area contributed by atoms with Crippen LogP contribution in [0.3, 0.4) is 0 Å². The van der Waals surface area contributed by atoms with Crippen LogP contribution in [-0.4, -0.2) is 57.2 Å². The molecule has 0 aromatic rings. The average molecular weight is 264 g/mol. The Morgan fingerprint density at radius 3 is 2.24 bits per heavy atom. The van der Waals surface area contributed by atoms with Gasteiger partial charge < -0.3 is 20.1 Å². The standard InChI is InChI=1S/C11H24N2O3S/c1-10(2)12-3-5-15-7-8-16-6-4-13-11(14)9-17/h10,12,17H,3-9H2,1-2H3,(H,13,14). The van der Waals surface area contributed by atoms with Crippen LogP contribution in [0.1, 0.15) is 13.8 Å². The lowest BCUT2D eigenvalue weighted by Gasteiger charge is -2.09. The van der Waals surface area contributed by atoms with Crippen molar-refractivity contribution in [2.24, 2.45) is 0 Å². The molecule has 0 aliphatic heterocycles. The smallest absolute Gasteiger partial charge is 0.229 e. The minimum Gasteiger partial charge on any atom is -0.378 e. The molecule has 0 heterocycles. The summed E-state index contributed by atoms with van der Waals surface area (Å²) in [6, 6.07) is 0.491. The van der Waals surface area contributed by atoms with E-state index in [-0.39, 0.29) is 11.7 Å². The van der Waals surface area contributed by atoms with E-state index < -0.39 is 0 Å². The van der Waals surface area contributed by atoms with Crippen LogP contribution in [0.5, 0.6) is 0 Å². The Labute approximate surface area is 109 Å². The number of nitrogens with one attached hydrogen (secondary N) is 2. The fraction of sp³-hybridized carbons (Fsp3) is 0.909. The van der Waals surface area contributed by atoms with Crippen molar-refractivity contribution in [3.05, 3.63) is 0 Å². The van der Waals surface area contributed by atoms with Gasteiger partial charge in [0, 0.05) is 19.1 Å². The maximum Gasteiger partial charge on any atom is 0.229 e. The number of thiol groups is 1. The molecule has 1 amide bonds. The van der Waals surface area contributed by atoms with E-state index in [2.05, 4.69) is 37.1 Å². The first kappa shape index (κ1) is 16.7. The van der Waals surface area contributed by atoms with Crippen molar-refractivity contribution < 1.29 is 14.3 Å². The highest BCUT2D eigenvalue weighted by Gasteiger charge is 1.96. The predicted octanol–water partition coefficient (Wildman–Crippen LogP) is 0.0636. The van der Waals surface area contributed by atoms with Gasteiger partial charge in [-0.3, -0.25) is 4.79 Å². The van der Waals surface area contributed by atoms with Gasteiger partial charge in [0.15, 0.2) is 0 Å². The van der Waals surface area contributed by atoms with Crippen LogP contribution in [0.4, 0.5) is 0 Å². The van der Waals surface area contributed by atoms with Crippen LogP contribution in [0.15, 0.2) is 0 Å². The molecular weight excluding hydrogens is 240 g/mol. The number of hydrogen-bond donors (Lipinski definition) is 3. The molecule has 0 radical (unpaired) electrons. The van der Waals surface area contributed by atoms with E-state index in [9.17, 15) is 4.79 Å². The Hall–Kier alpha value is -0.300. The molecule has 0 saturated heterocycles. The number of carbonyl (C=O) groups excluding carboxylic acids is 1. The highest BCUT2D eigenvalue weighted by molar-refractivity contribution is 7.81. The topological polar surface area (TPSA) is 59.6 Å². The summed E-state index contributed by atoms with van der Waals surface area (Å²) in [5.74, 6) is 0.138. The van der Waals surface area contributed by atoms with Crippen molar-refractivity contribution in [2.75, 3.05) is 45.3 Å². The zero-order chi connectivity index (χ0) is 12.9. The molecule has 0 saturated carbocycles. The summed E-state index contributed by atoms with van der Waals surface area (Å²) in [5.41, 5.74) is 0. The lowest BCUT2D eigenvalue weighted by molar-refractivity contribution is -0.118. The molecule has 0 unspecified atom stereocenters. The largest absolute Gasteiger partial charge is 0.378 e. The molecule has 0 atom stereocenters. The van der Waals surface area contributed by atoms with Crippen molar-refractivity contribution in [1.82, 2.24) is 10.6 Å². The number of carbonyl (C=O) groups is 1. The molecule has 6 heteroatoms. The molecule has 0 rings (SSSR count). The van der Waals surface area contributed by atoms with E-state index in [1.54, 1.807) is 0 Å². The number of ether oxygens (including phenoxy) is 2. The molecule has 0 aliphatic carbocycles. The number of hydrogen-bond acceptors (Lipinski definition) is 5. The van der Waals surface area contributed by atoms with Gasteiger partial charge >= 0.3 is 0 Å². The summed E-state index contributed by atoms with van der Waals surface area (Å²) < 4.78 is 10.6. The van der Waals surface area contributed by atoms with Gasteiger partial charge in [-0.2, -0.15) is 12.6 Å². The molecule has 0 aromatic heterocycles. The van der Waals surface area contributed by atoms with Crippen LogP contribution in [0.25, 0.3) is 0 Å². The number of rotatable bonds is 11. The predicted molar refractivity (Wildman–Crippen MR) is 71.6 cm³/mol. The Balaban J connectivity index is 3.01. The second kappa shape index (κ2) is 12.2. The van der Waals surface area contributed by atoms with E-state index in [1.165, 1.54) is 0 Å². The third-order valence-electron chi connectivity index (χ3n) is 1.88. The van der Waals surface area contributed by atoms with E-state index in [0.717, 1.165) is 6.54 Å². The molecule has 2 N–H and O–H groups in total. The Kier molecular flexibility index (Phi) is 12.0. The average Bonchev–Trinajstić information content (AvgIpc) is 2.30. The second-order valence-electron chi connectivity index (χ2n) is 3.84. The quantitative estimate of drug-likeness (QED) is 0.365. The van der Waals surface area contributed by atoms with Crippen LogP contribution in [0, 0.1) is 0 Å². The Morgan fingerprint density at radius 2 is 1.71 bits per heavy atom. The molecule has 0 aliphatic rings. The van der Waals surface area contributed by atoms with Crippen molar-refractivity contribution >= 4 is 18.5 Å². The van der Waals surface area contributed by atoms with Gasteiger partial charge in [-0.15, -0.1) is 0 Å². The summed E-state index contributed by atoms with van der Waals surface area (Å²) in [6.07, 6.45) is 0. The van der Waals surface area contributed by atoms with E-state index in [4.69, 9.17) is 9.47 Å². The molecule has 17 heavy (non-hydrogen) atoms. The number of amides is 1. The van der Waals surface area contributed by atoms with Crippen LogP contribution in [-0.2, 0) is 14.3 Å². The summed E-state index contributed by atoms with van der Waals surface area (Å²) >= 11 is 3.84. The van der Waals surface area contributed by atoms with Gasteiger partial charge in [0.25, 0.3) is 0 Å². The Morgan fingerprint density at radius 1 is 1.12 bits per heavy atom. The van der Waals surface area contributed by atoms with Crippen molar-refractivity contribution in [3.63, 3.8) is 0 Å². The minimum atomic E-state index is -0.0760. The lowest BCUT2D eigenvalue weighted by Crippen LogP contribution is -2.29. The summed E-state index contributed by atoms with van der Waals surface area (Å²) in [6.45, 7) is 7.91. The van der Waals surface area contributed by atoms with Gasteiger partial charge in [0.2, 0.25) is 5.91 Å². The fourth-order valence-corrected chi connectivity index (χ4v) is 1.17. The van der Waals surface area contributed by atoms with Gasteiger partial charge in [0.05, 0.1) is 32.2 Å². The van der Waals surface area contributed by atoms with Gasteiger partial charge in [-0.1, -0.05) is 13.8 Å². The summed E-state index contributed by atoms with van der Waals surface area (Å²) in [5, 5.41) is 5.92. The highest BCUT2D eigenvalue weighted by atomic mass is 32.1. The fourth-order valence-electron chi connectivity index (χ4n) is 1.06. The summed E-state index contributed by atoms with van der Waals surface area (Å²) in [4.78, 5) is 10.8. The molecule has 0 fully saturated rings. The van der Waals surface area contributed by atoms with Gasteiger partial charge in [-0.05, 0) is 0 Å². The lowest BCUT2D eigenvalue weighted by atomic mass is 10.4. The maximum absolute atomic E-state index is 10.8. The molecule has 102 valence electrons. The second-order valence-corrected chi connectivity index (χ2v) is 4.16. The van der Waals surface area contributed by atoms with Gasteiger partial charge in [-0.25, -0.2) is 0 Å². The zero-order valence-electron chi connectivity index (χ0n) is 10.7. The van der Waals surface area contributed by atoms with Crippen LogP contribution < -0.4 is 10.6 Å². The van der Waals surface area contributed by atoms with Crippen LogP contribution in [0.2, 0.25) is 0 Å². The third-order valence-corrected chi connectivity index (χ3v) is 2.17. The third kappa shape index (κ3) is 13.6. The van der Waals surface area contributed by atoms with Crippen molar-refractivity contribution in [2.45, 2.75) is 19.9 Å². The van der Waals surface area contributed by atoms with Crippen molar-refractivity contribution in [3.8, 4) is 0 Å². The van der Waals surface area contributed by atoms with E-state index in [0.29, 0.717) is 39.0 Å². The zero-order valence-corrected chi connectivity index (χ0v) is 11.6. The monoisotopic (exact) mass is 264 g/mol. The SMILES string of the molecule is CC(C)NCCOCCOCCNC(=O)CS. The molecule has 0 bridgehead atoms. The Bertz CT molecular complexity index is 192. The summed E-state index contributed by atoms with van der Waals surface area (Å²) in [7, 11) is 0. The maximum atomic E-state index is 10.8. The first-order valence-corrected chi connectivity index (χ1v) is 6.56. The van der Waals surface area contributed by atoms with Crippen molar-refractivity contribution in [1.29, 1.82) is 0 Å². The normalized spacial score (nSPS) is 10.8. The van der Waals surface area contributed by atoms with Gasteiger partial charge in [0.1, 0.15) is 0 Å². The first-order chi connectivity index (χ1) is 8.16. The molecular formula is C11H24N2O3S. The van der Waals surface area contributed by atoms with E-state index >= 15 is 0 Å². The first-order valence-electron chi connectivity index (χ1n) is 5.93. The van der Waals surface area contributed by atoms with Crippen LogP contribution >= 0.6 is 12.6 Å². The molecule has 5 nitrogen and oxygen atoms in total. The van der Waals surface area contributed by atoms with E-state index in [1.807, 2.05) is 0 Å². The molecule has 0 aromatic carbocycles.